The third-order valence-corrected chi connectivity index (χ3v) is 3.75. The number of methoxy groups -OCH3 is 1. The average molecular weight is 312 g/mol. The summed E-state index contributed by atoms with van der Waals surface area (Å²) >= 11 is 0. The zero-order chi connectivity index (χ0) is 16.8. The molecule has 0 atom stereocenters. The topological polar surface area (TPSA) is 45.1 Å². The molecule has 0 aliphatic heterocycles. The number of anilines is 1. The molecule has 2 aromatic rings. The highest BCUT2D eigenvalue weighted by atomic mass is 16.5. The van der Waals surface area contributed by atoms with E-state index < -0.39 is 0 Å². The molecule has 0 unspecified atom stereocenters. The molecule has 0 spiro atoms. The number of phenols is 1. The van der Waals surface area contributed by atoms with Crippen LogP contribution in [0.2, 0.25) is 0 Å². The van der Waals surface area contributed by atoms with Crippen LogP contribution in [0.25, 0.3) is 0 Å². The van der Waals surface area contributed by atoms with Crippen LogP contribution in [0.4, 0.5) is 11.4 Å². The first-order valence-corrected chi connectivity index (χ1v) is 7.83. The van der Waals surface area contributed by atoms with Gasteiger partial charge in [-0.2, -0.15) is 0 Å². The van der Waals surface area contributed by atoms with Crippen molar-refractivity contribution in [1.29, 1.82) is 0 Å². The van der Waals surface area contributed by atoms with Gasteiger partial charge in [0.05, 0.1) is 12.8 Å². The van der Waals surface area contributed by atoms with Gasteiger partial charge in [-0.1, -0.05) is 6.07 Å². The molecule has 1 N–H and O–H groups in total. The summed E-state index contributed by atoms with van der Waals surface area (Å²) < 4.78 is 5.10. The molecule has 4 nitrogen and oxygen atoms in total. The summed E-state index contributed by atoms with van der Waals surface area (Å²) in [5.74, 6) is 0.548. The minimum atomic E-state index is 0.104. The minimum Gasteiger partial charge on any atom is -0.504 e. The van der Waals surface area contributed by atoms with Crippen LogP contribution < -0.4 is 9.64 Å². The van der Waals surface area contributed by atoms with Gasteiger partial charge in [0, 0.05) is 30.1 Å². The number of para-hydroxylation sites is 1. The molecule has 0 aromatic heterocycles. The first-order valence-electron chi connectivity index (χ1n) is 7.83. The zero-order valence-electron chi connectivity index (χ0n) is 14.2. The van der Waals surface area contributed by atoms with E-state index in [0.29, 0.717) is 17.4 Å². The van der Waals surface area contributed by atoms with Crippen molar-refractivity contribution in [3.8, 4) is 11.5 Å². The second kappa shape index (κ2) is 7.68. The van der Waals surface area contributed by atoms with E-state index in [4.69, 9.17) is 4.74 Å². The van der Waals surface area contributed by atoms with Gasteiger partial charge in [0.15, 0.2) is 11.5 Å². The summed E-state index contributed by atoms with van der Waals surface area (Å²) in [4.78, 5) is 6.75. The lowest BCUT2D eigenvalue weighted by Gasteiger charge is -2.27. The second-order valence-electron chi connectivity index (χ2n) is 5.55. The second-order valence-corrected chi connectivity index (χ2v) is 5.55. The highest BCUT2D eigenvalue weighted by Gasteiger charge is 2.08. The van der Waals surface area contributed by atoms with E-state index in [-0.39, 0.29) is 5.75 Å². The molecule has 0 saturated heterocycles. The number of phenolic OH excluding ortho intramolecular Hbond substituents is 1. The molecule has 0 fully saturated rings. The van der Waals surface area contributed by atoms with Crippen molar-refractivity contribution in [2.24, 2.45) is 4.99 Å². The SMILES string of the molecule is CCN(c1ccc(N=Cc2cccc(OC)c2O)cc1)C(C)C. The van der Waals surface area contributed by atoms with E-state index in [1.165, 1.54) is 12.8 Å². The fourth-order valence-corrected chi connectivity index (χ4v) is 2.53. The van der Waals surface area contributed by atoms with E-state index in [1.807, 2.05) is 18.2 Å². The molecule has 122 valence electrons. The van der Waals surface area contributed by atoms with Crippen LogP contribution in [-0.4, -0.2) is 31.0 Å². The van der Waals surface area contributed by atoms with Gasteiger partial charge >= 0.3 is 0 Å². The Kier molecular flexibility index (Phi) is 5.63. The summed E-state index contributed by atoms with van der Waals surface area (Å²) in [6.45, 7) is 7.48. The maximum atomic E-state index is 10.1. The van der Waals surface area contributed by atoms with Crippen molar-refractivity contribution in [3.05, 3.63) is 48.0 Å². The van der Waals surface area contributed by atoms with Gasteiger partial charge in [0.25, 0.3) is 0 Å². The maximum Gasteiger partial charge on any atom is 0.166 e. The molecule has 2 aromatic carbocycles. The molecule has 0 aliphatic rings. The first-order chi connectivity index (χ1) is 11.1. The van der Waals surface area contributed by atoms with Crippen LogP contribution in [0.5, 0.6) is 11.5 Å². The quantitative estimate of drug-likeness (QED) is 0.805. The van der Waals surface area contributed by atoms with E-state index in [9.17, 15) is 5.11 Å². The average Bonchev–Trinajstić information content (AvgIpc) is 2.55. The normalized spacial score (nSPS) is 11.2. The number of benzene rings is 2. The molecule has 0 amide bonds. The number of aliphatic imine (C=N–C) groups is 1. The Morgan fingerprint density at radius 1 is 1.17 bits per heavy atom. The lowest BCUT2D eigenvalue weighted by molar-refractivity contribution is 0.373. The van der Waals surface area contributed by atoms with Gasteiger partial charge in [-0.15, -0.1) is 0 Å². The Morgan fingerprint density at radius 3 is 2.43 bits per heavy atom. The molecule has 0 aliphatic carbocycles. The Hall–Kier alpha value is -2.49. The number of hydrogen-bond acceptors (Lipinski definition) is 4. The van der Waals surface area contributed by atoms with Crippen LogP contribution in [-0.2, 0) is 0 Å². The highest BCUT2D eigenvalue weighted by Crippen LogP contribution is 2.28. The number of hydrogen-bond donors (Lipinski definition) is 1. The van der Waals surface area contributed by atoms with Gasteiger partial charge < -0.3 is 14.7 Å². The summed E-state index contributed by atoms with van der Waals surface area (Å²) in [5, 5.41) is 10.1. The number of rotatable bonds is 6. The third-order valence-electron chi connectivity index (χ3n) is 3.75. The fraction of sp³-hybridized carbons (Fsp3) is 0.316. The summed E-state index contributed by atoms with van der Waals surface area (Å²) in [7, 11) is 1.53. The van der Waals surface area contributed by atoms with E-state index in [0.717, 1.165) is 12.2 Å². The van der Waals surface area contributed by atoms with Crippen molar-refractivity contribution < 1.29 is 9.84 Å². The van der Waals surface area contributed by atoms with Crippen LogP contribution in [0, 0.1) is 0 Å². The lowest BCUT2D eigenvalue weighted by atomic mass is 10.2. The van der Waals surface area contributed by atoms with Crippen LogP contribution in [0.15, 0.2) is 47.5 Å². The standard InChI is InChI=1S/C19H24N2O2/c1-5-21(14(2)3)17-11-9-16(10-12-17)20-13-15-7-6-8-18(23-4)19(15)22/h6-14,22H,5H2,1-4H3. The monoisotopic (exact) mass is 312 g/mol. The Balaban J connectivity index is 2.18. The van der Waals surface area contributed by atoms with Crippen LogP contribution in [0.1, 0.15) is 26.3 Å². The van der Waals surface area contributed by atoms with Crippen molar-refractivity contribution in [3.63, 3.8) is 0 Å². The zero-order valence-corrected chi connectivity index (χ0v) is 14.2. The highest BCUT2D eigenvalue weighted by molar-refractivity contribution is 5.86. The van der Waals surface area contributed by atoms with Crippen LogP contribution in [0.3, 0.4) is 0 Å². The molecule has 4 heteroatoms. The summed E-state index contributed by atoms with van der Waals surface area (Å²) in [6, 6.07) is 13.9. The Labute approximate surface area is 138 Å². The van der Waals surface area contributed by atoms with Crippen molar-refractivity contribution in [2.75, 3.05) is 18.6 Å². The first kappa shape index (κ1) is 16.9. The van der Waals surface area contributed by atoms with Gasteiger partial charge in [0.1, 0.15) is 0 Å². The smallest absolute Gasteiger partial charge is 0.166 e. The van der Waals surface area contributed by atoms with E-state index in [2.05, 4.69) is 42.8 Å². The molecular weight excluding hydrogens is 288 g/mol. The number of nitrogens with zero attached hydrogens (tertiary/aromatic N) is 2. The molecule has 23 heavy (non-hydrogen) atoms. The van der Waals surface area contributed by atoms with Crippen molar-refractivity contribution in [1.82, 2.24) is 0 Å². The molecule has 2 rings (SSSR count). The maximum absolute atomic E-state index is 10.1. The number of ether oxygens (including phenoxy) is 1. The predicted molar refractivity (Wildman–Crippen MR) is 96.5 cm³/mol. The van der Waals surface area contributed by atoms with E-state index in [1.54, 1.807) is 18.3 Å². The van der Waals surface area contributed by atoms with E-state index >= 15 is 0 Å². The molecule has 0 saturated carbocycles. The third kappa shape index (κ3) is 4.03. The van der Waals surface area contributed by atoms with Crippen molar-refractivity contribution >= 4 is 17.6 Å². The Bertz CT molecular complexity index is 664. The number of aromatic hydroxyl groups is 1. The van der Waals surface area contributed by atoms with Crippen molar-refractivity contribution in [2.45, 2.75) is 26.8 Å². The molecule has 0 heterocycles. The fourth-order valence-electron chi connectivity index (χ4n) is 2.53. The van der Waals surface area contributed by atoms with Gasteiger partial charge in [-0.3, -0.25) is 4.99 Å². The molecule has 0 radical (unpaired) electrons. The summed E-state index contributed by atoms with van der Waals surface area (Å²) in [5.41, 5.74) is 2.66. The predicted octanol–water partition coefficient (Wildman–Crippen LogP) is 4.39. The van der Waals surface area contributed by atoms with Gasteiger partial charge in [-0.05, 0) is 57.2 Å². The Morgan fingerprint density at radius 2 is 1.87 bits per heavy atom. The lowest BCUT2D eigenvalue weighted by Crippen LogP contribution is -2.30. The van der Waals surface area contributed by atoms with Gasteiger partial charge in [0.2, 0.25) is 0 Å². The van der Waals surface area contributed by atoms with Gasteiger partial charge in [-0.25, -0.2) is 0 Å². The molecular formula is C19H24N2O2. The largest absolute Gasteiger partial charge is 0.504 e. The molecule has 0 bridgehead atoms. The summed E-state index contributed by atoms with van der Waals surface area (Å²) in [6.07, 6.45) is 1.65. The van der Waals surface area contributed by atoms with Crippen LogP contribution >= 0.6 is 0 Å². The minimum absolute atomic E-state index is 0.104.